The molecule has 0 bridgehead atoms. The van der Waals surface area contributed by atoms with Crippen molar-refractivity contribution in [3.05, 3.63) is 53.6 Å². The van der Waals surface area contributed by atoms with Crippen molar-refractivity contribution >= 4 is 23.6 Å². The Morgan fingerprint density at radius 3 is 2.64 bits per heavy atom. The molecule has 0 fully saturated rings. The van der Waals surface area contributed by atoms with Gasteiger partial charge < -0.3 is 19.9 Å². The molecule has 1 amide bonds. The first-order valence-corrected chi connectivity index (χ1v) is 7.55. The highest BCUT2D eigenvalue weighted by molar-refractivity contribution is 6.09. The zero-order valence-electron chi connectivity index (χ0n) is 13.5. The Bertz CT molecular complexity index is 844. The molecule has 128 valence electrons. The number of hydrogen-bond acceptors (Lipinski definition) is 5. The number of amides is 1. The number of carbonyl (C=O) groups is 1. The lowest BCUT2D eigenvalue weighted by Gasteiger charge is -2.10. The third-order valence-corrected chi connectivity index (χ3v) is 3.51. The van der Waals surface area contributed by atoms with Crippen molar-refractivity contribution in [2.45, 2.75) is 6.92 Å². The third-order valence-electron chi connectivity index (χ3n) is 3.51. The molecule has 7 nitrogen and oxygen atoms in total. The number of anilines is 1. The lowest BCUT2D eigenvalue weighted by atomic mass is 10.1. The largest absolute Gasteiger partial charge is 0.508 e. The number of carbonyl (C=O) groups excluding carboxylic acids is 1. The second kappa shape index (κ2) is 6.96. The van der Waals surface area contributed by atoms with Gasteiger partial charge in [0.05, 0.1) is 0 Å². The van der Waals surface area contributed by atoms with E-state index in [1.807, 2.05) is 6.07 Å². The second-order valence-electron chi connectivity index (χ2n) is 5.44. The van der Waals surface area contributed by atoms with Crippen LogP contribution in [0.15, 0.2) is 48.0 Å². The summed E-state index contributed by atoms with van der Waals surface area (Å²) in [5.41, 5.74) is 1.83. The number of ether oxygens (including phenoxy) is 2. The van der Waals surface area contributed by atoms with Crippen LogP contribution in [-0.4, -0.2) is 23.8 Å². The molecule has 0 unspecified atom stereocenters. The van der Waals surface area contributed by atoms with Gasteiger partial charge in [-0.25, -0.2) is 0 Å². The Morgan fingerprint density at radius 2 is 1.88 bits per heavy atom. The number of guanidine groups is 1. The summed E-state index contributed by atoms with van der Waals surface area (Å²) in [4.78, 5) is 12.2. The standard InChI is InChI=1S/C18H17N3O4/c1-11(8-12-2-7-15-16(9-12)25-10-24-15)17(23)21-18(19)20-13-3-5-14(22)6-4-13/h2-9,22H,10H2,1H3,(H3,19,20,21,23)/b11-8+. The minimum absolute atomic E-state index is 0.128. The van der Waals surface area contributed by atoms with E-state index in [-0.39, 0.29) is 18.5 Å². The molecule has 2 aromatic rings. The van der Waals surface area contributed by atoms with Crippen LogP contribution in [0.5, 0.6) is 17.2 Å². The molecule has 0 saturated heterocycles. The number of rotatable bonds is 3. The molecule has 4 N–H and O–H groups in total. The number of phenols is 1. The summed E-state index contributed by atoms with van der Waals surface area (Å²) < 4.78 is 10.6. The SMILES string of the molecule is C/C(=C\c1ccc2c(c1)OCO2)C(=O)NC(=N)Nc1ccc(O)cc1. The van der Waals surface area contributed by atoms with Crippen LogP contribution in [0.4, 0.5) is 5.69 Å². The lowest BCUT2D eigenvalue weighted by molar-refractivity contribution is -0.116. The first-order chi connectivity index (χ1) is 12.0. The van der Waals surface area contributed by atoms with Crippen LogP contribution in [-0.2, 0) is 4.79 Å². The Morgan fingerprint density at radius 1 is 1.16 bits per heavy atom. The van der Waals surface area contributed by atoms with Gasteiger partial charge in [-0.2, -0.15) is 0 Å². The highest BCUT2D eigenvalue weighted by Gasteiger charge is 2.13. The van der Waals surface area contributed by atoms with Gasteiger partial charge in [0.25, 0.3) is 5.91 Å². The van der Waals surface area contributed by atoms with Gasteiger partial charge in [0, 0.05) is 11.3 Å². The minimum Gasteiger partial charge on any atom is -0.508 e. The maximum Gasteiger partial charge on any atom is 0.253 e. The summed E-state index contributed by atoms with van der Waals surface area (Å²) >= 11 is 0. The van der Waals surface area contributed by atoms with Gasteiger partial charge in [0.1, 0.15) is 5.75 Å². The Kier molecular flexibility index (Phi) is 4.56. The Balaban J connectivity index is 1.61. The average Bonchev–Trinajstić information content (AvgIpc) is 3.04. The van der Waals surface area contributed by atoms with E-state index >= 15 is 0 Å². The highest BCUT2D eigenvalue weighted by atomic mass is 16.7. The van der Waals surface area contributed by atoms with Crippen molar-refractivity contribution in [3.63, 3.8) is 0 Å². The maximum absolute atomic E-state index is 12.2. The van der Waals surface area contributed by atoms with Crippen molar-refractivity contribution in [1.29, 1.82) is 5.41 Å². The van der Waals surface area contributed by atoms with Crippen LogP contribution >= 0.6 is 0 Å². The normalized spacial score (nSPS) is 12.6. The van der Waals surface area contributed by atoms with Crippen LogP contribution in [0.3, 0.4) is 0 Å². The smallest absolute Gasteiger partial charge is 0.253 e. The van der Waals surface area contributed by atoms with E-state index in [4.69, 9.17) is 14.9 Å². The fraction of sp³-hybridized carbons (Fsp3) is 0.111. The molecule has 0 aliphatic carbocycles. The minimum atomic E-state index is -0.394. The molecule has 1 aliphatic heterocycles. The van der Waals surface area contributed by atoms with E-state index in [1.54, 1.807) is 37.3 Å². The van der Waals surface area contributed by atoms with Gasteiger partial charge in [-0.1, -0.05) is 6.07 Å². The molecule has 0 atom stereocenters. The van der Waals surface area contributed by atoms with Crippen molar-refractivity contribution < 1.29 is 19.4 Å². The molecule has 1 aliphatic rings. The third kappa shape index (κ3) is 4.08. The van der Waals surface area contributed by atoms with Crippen LogP contribution in [0.1, 0.15) is 12.5 Å². The molecule has 2 aromatic carbocycles. The number of fused-ring (bicyclic) bond motifs is 1. The molecule has 1 heterocycles. The first-order valence-electron chi connectivity index (χ1n) is 7.55. The van der Waals surface area contributed by atoms with E-state index in [1.165, 1.54) is 12.1 Å². The second-order valence-corrected chi connectivity index (χ2v) is 5.44. The van der Waals surface area contributed by atoms with E-state index in [0.29, 0.717) is 22.8 Å². The Hall–Kier alpha value is -3.48. The predicted molar refractivity (Wildman–Crippen MR) is 93.8 cm³/mol. The topological polar surface area (TPSA) is 104 Å². The Labute approximate surface area is 144 Å². The first kappa shape index (κ1) is 16.4. The summed E-state index contributed by atoms with van der Waals surface area (Å²) in [7, 11) is 0. The predicted octanol–water partition coefficient (Wildman–Crippen LogP) is 2.69. The molecule has 25 heavy (non-hydrogen) atoms. The van der Waals surface area contributed by atoms with E-state index in [9.17, 15) is 9.90 Å². The van der Waals surface area contributed by atoms with Crippen molar-refractivity contribution in [1.82, 2.24) is 5.32 Å². The molecule has 7 heteroatoms. The summed E-state index contributed by atoms with van der Waals surface area (Å²) in [5.74, 6) is 0.898. The van der Waals surface area contributed by atoms with Gasteiger partial charge in [0.15, 0.2) is 17.5 Å². The summed E-state index contributed by atoms with van der Waals surface area (Å²) in [5, 5.41) is 22.2. The fourth-order valence-electron chi connectivity index (χ4n) is 2.25. The van der Waals surface area contributed by atoms with Gasteiger partial charge >= 0.3 is 0 Å². The van der Waals surface area contributed by atoms with E-state index in [0.717, 1.165) is 5.56 Å². The number of aromatic hydroxyl groups is 1. The number of benzene rings is 2. The lowest BCUT2D eigenvalue weighted by Crippen LogP contribution is -2.35. The van der Waals surface area contributed by atoms with Crippen molar-refractivity contribution in [2.75, 3.05) is 12.1 Å². The van der Waals surface area contributed by atoms with Gasteiger partial charge in [-0.05, 0) is 55.0 Å². The monoisotopic (exact) mass is 339 g/mol. The average molecular weight is 339 g/mol. The summed E-state index contributed by atoms with van der Waals surface area (Å²) in [6, 6.07) is 11.6. The summed E-state index contributed by atoms with van der Waals surface area (Å²) in [6.45, 7) is 1.86. The number of hydrogen-bond donors (Lipinski definition) is 4. The van der Waals surface area contributed by atoms with Gasteiger partial charge in [-0.3, -0.25) is 15.5 Å². The van der Waals surface area contributed by atoms with Crippen molar-refractivity contribution in [3.8, 4) is 17.2 Å². The summed E-state index contributed by atoms with van der Waals surface area (Å²) in [6.07, 6.45) is 1.70. The number of phenolic OH excluding ortho intramolecular Hbond substituents is 1. The molecule has 0 radical (unpaired) electrons. The van der Waals surface area contributed by atoms with Gasteiger partial charge in [-0.15, -0.1) is 0 Å². The van der Waals surface area contributed by atoms with Crippen LogP contribution in [0.25, 0.3) is 6.08 Å². The quantitative estimate of drug-likeness (QED) is 0.298. The van der Waals surface area contributed by atoms with Crippen LogP contribution in [0.2, 0.25) is 0 Å². The molecule has 0 saturated carbocycles. The van der Waals surface area contributed by atoms with E-state index < -0.39 is 5.91 Å². The van der Waals surface area contributed by atoms with Crippen molar-refractivity contribution in [2.24, 2.45) is 0 Å². The molecular formula is C18H17N3O4. The maximum atomic E-state index is 12.2. The zero-order chi connectivity index (χ0) is 17.8. The van der Waals surface area contributed by atoms with Gasteiger partial charge in [0.2, 0.25) is 6.79 Å². The van der Waals surface area contributed by atoms with Crippen LogP contribution in [0, 0.1) is 5.41 Å². The molecule has 3 rings (SSSR count). The van der Waals surface area contributed by atoms with Crippen LogP contribution < -0.4 is 20.1 Å². The zero-order valence-corrected chi connectivity index (χ0v) is 13.5. The highest BCUT2D eigenvalue weighted by Crippen LogP contribution is 2.33. The van der Waals surface area contributed by atoms with E-state index in [2.05, 4.69) is 10.6 Å². The molecular weight excluding hydrogens is 322 g/mol. The fourth-order valence-corrected chi connectivity index (χ4v) is 2.25. The molecule has 0 spiro atoms. The molecule has 0 aromatic heterocycles. The number of nitrogens with one attached hydrogen (secondary N) is 3.